The summed E-state index contributed by atoms with van der Waals surface area (Å²) in [4.78, 5) is 0. The zero-order valence-electron chi connectivity index (χ0n) is 10.7. The largest absolute Gasteiger partial charge is 0.394 e. The number of aromatic nitrogens is 2. The predicted octanol–water partition coefficient (Wildman–Crippen LogP) is 2.73. The molecule has 0 saturated heterocycles. The van der Waals surface area contributed by atoms with Gasteiger partial charge in [-0.2, -0.15) is 5.10 Å². The molecule has 0 fully saturated rings. The van der Waals surface area contributed by atoms with Gasteiger partial charge in [0.05, 0.1) is 19.3 Å². The summed E-state index contributed by atoms with van der Waals surface area (Å²) in [7, 11) is 0. The Bertz CT molecular complexity index is 305. The lowest BCUT2D eigenvalue weighted by molar-refractivity contribution is 0.269. The molecule has 0 aromatic carbocycles. The first-order chi connectivity index (χ1) is 7.60. The van der Waals surface area contributed by atoms with E-state index >= 15 is 0 Å². The van der Waals surface area contributed by atoms with Crippen LogP contribution in [0.4, 0.5) is 0 Å². The average Bonchev–Trinajstić information content (AvgIpc) is 2.68. The first-order valence-corrected chi connectivity index (χ1v) is 6.24. The highest BCUT2D eigenvalue weighted by Gasteiger charge is 2.21. The first kappa shape index (κ1) is 13.2. The Kier molecular flexibility index (Phi) is 5.00. The number of hydrogen-bond acceptors (Lipinski definition) is 2. The van der Waals surface area contributed by atoms with Crippen LogP contribution in [0.1, 0.15) is 52.0 Å². The normalized spacial score (nSPS) is 12.0. The molecular weight excluding hydrogens is 200 g/mol. The van der Waals surface area contributed by atoms with Crippen LogP contribution in [0.3, 0.4) is 0 Å². The second-order valence-corrected chi connectivity index (χ2v) is 5.06. The Morgan fingerprint density at radius 1 is 1.38 bits per heavy atom. The van der Waals surface area contributed by atoms with Gasteiger partial charge in [0.2, 0.25) is 0 Å². The molecule has 0 bridgehead atoms. The molecule has 0 atom stereocenters. The number of unbranched alkanes of at least 4 members (excludes halogenated alkanes) is 2. The monoisotopic (exact) mass is 224 g/mol. The summed E-state index contributed by atoms with van der Waals surface area (Å²) < 4.78 is 1.82. The van der Waals surface area contributed by atoms with Crippen molar-refractivity contribution in [3.63, 3.8) is 0 Å². The zero-order chi connectivity index (χ0) is 12.0. The fourth-order valence-electron chi connectivity index (χ4n) is 1.90. The van der Waals surface area contributed by atoms with Crippen molar-refractivity contribution in [1.82, 2.24) is 9.78 Å². The van der Waals surface area contributed by atoms with Crippen molar-refractivity contribution in [3.05, 3.63) is 18.0 Å². The van der Waals surface area contributed by atoms with Crippen molar-refractivity contribution in [2.75, 3.05) is 6.61 Å². The van der Waals surface area contributed by atoms with E-state index in [1.807, 2.05) is 10.9 Å². The van der Waals surface area contributed by atoms with Gasteiger partial charge in [-0.3, -0.25) is 4.68 Å². The van der Waals surface area contributed by atoms with Crippen molar-refractivity contribution in [2.45, 2.75) is 58.4 Å². The number of aliphatic hydroxyl groups is 1. The van der Waals surface area contributed by atoms with E-state index in [-0.39, 0.29) is 12.0 Å². The Hall–Kier alpha value is -0.830. The molecule has 1 aromatic heterocycles. The summed E-state index contributed by atoms with van der Waals surface area (Å²) in [6, 6.07) is 0. The molecule has 0 aliphatic heterocycles. The van der Waals surface area contributed by atoms with Gasteiger partial charge in [-0.1, -0.05) is 40.0 Å². The molecule has 3 heteroatoms. The Balaban J connectivity index is 2.58. The van der Waals surface area contributed by atoms with Crippen LogP contribution in [0.2, 0.25) is 0 Å². The van der Waals surface area contributed by atoms with Gasteiger partial charge < -0.3 is 5.11 Å². The summed E-state index contributed by atoms with van der Waals surface area (Å²) >= 11 is 0. The molecule has 0 unspecified atom stereocenters. The van der Waals surface area contributed by atoms with Gasteiger partial charge in [-0.05, 0) is 17.4 Å². The maximum absolute atomic E-state index is 8.84. The molecule has 16 heavy (non-hydrogen) atoms. The molecule has 1 rings (SSSR count). The van der Waals surface area contributed by atoms with Crippen LogP contribution < -0.4 is 0 Å². The summed E-state index contributed by atoms with van der Waals surface area (Å²) in [6.45, 7) is 7.50. The van der Waals surface area contributed by atoms with E-state index in [0.717, 1.165) is 0 Å². The van der Waals surface area contributed by atoms with Crippen LogP contribution in [-0.2, 0) is 12.0 Å². The quantitative estimate of drug-likeness (QED) is 0.723. The Labute approximate surface area is 98.5 Å². The van der Waals surface area contributed by atoms with Gasteiger partial charge in [-0.25, -0.2) is 0 Å². The van der Waals surface area contributed by atoms with E-state index in [2.05, 4.69) is 32.1 Å². The van der Waals surface area contributed by atoms with Gasteiger partial charge in [0.1, 0.15) is 0 Å². The molecule has 0 radical (unpaired) electrons. The average molecular weight is 224 g/mol. The number of nitrogens with zero attached hydrogens (tertiary/aromatic N) is 2. The number of aliphatic hydroxyl groups excluding tert-OH is 1. The van der Waals surface area contributed by atoms with Crippen molar-refractivity contribution >= 4 is 0 Å². The third-order valence-electron chi connectivity index (χ3n) is 3.15. The maximum Gasteiger partial charge on any atom is 0.0640 e. The molecule has 0 amide bonds. The molecule has 0 spiro atoms. The minimum Gasteiger partial charge on any atom is -0.394 e. The number of hydrogen-bond donors (Lipinski definition) is 1. The summed E-state index contributed by atoms with van der Waals surface area (Å²) in [5.41, 5.74) is 1.47. The highest BCUT2D eigenvalue weighted by atomic mass is 16.3. The second-order valence-electron chi connectivity index (χ2n) is 5.06. The van der Waals surface area contributed by atoms with Crippen LogP contribution in [0, 0.1) is 0 Å². The van der Waals surface area contributed by atoms with Crippen molar-refractivity contribution in [3.8, 4) is 0 Å². The predicted molar refractivity (Wildman–Crippen MR) is 66.5 cm³/mol. The first-order valence-electron chi connectivity index (χ1n) is 6.24. The molecular formula is C13H24N2O. The van der Waals surface area contributed by atoms with E-state index in [0.29, 0.717) is 6.54 Å². The van der Waals surface area contributed by atoms with Gasteiger partial charge >= 0.3 is 0 Å². The van der Waals surface area contributed by atoms with E-state index in [1.54, 1.807) is 0 Å². The lowest BCUT2D eigenvalue weighted by Gasteiger charge is -2.22. The van der Waals surface area contributed by atoms with Crippen LogP contribution in [-0.4, -0.2) is 21.5 Å². The molecule has 0 aliphatic rings. The van der Waals surface area contributed by atoms with Crippen LogP contribution in [0.15, 0.2) is 12.4 Å². The SMILES string of the molecule is CCCCCC(C)(C)c1cnn(CCO)c1. The summed E-state index contributed by atoms with van der Waals surface area (Å²) in [5, 5.41) is 13.1. The summed E-state index contributed by atoms with van der Waals surface area (Å²) in [6.07, 6.45) is 9.03. The van der Waals surface area contributed by atoms with E-state index < -0.39 is 0 Å². The highest BCUT2D eigenvalue weighted by molar-refractivity contribution is 5.16. The maximum atomic E-state index is 8.84. The standard InChI is InChI=1S/C13H24N2O/c1-4-5-6-7-13(2,3)12-10-14-15(11-12)8-9-16/h10-11,16H,4-9H2,1-3H3. The molecule has 92 valence electrons. The van der Waals surface area contributed by atoms with Crippen molar-refractivity contribution < 1.29 is 5.11 Å². The molecule has 0 saturated carbocycles. The van der Waals surface area contributed by atoms with Crippen LogP contribution >= 0.6 is 0 Å². The van der Waals surface area contributed by atoms with Gasteiger partial charge in [0, 0.05) is 6.20 Å². The van der Waals surface area contributed by atoms with Gasteiger partial charge in [0.15, 0.2) is 0 Å². The molecule has 3 nitrogen and oxygen atoms in total. The van der Waals surface area contributed by atoms with Crippen LogP contribution in [0.5, 0.6) is 0 Å². The minimum atomic E-state index is 0.150. The molecule has 1 aromatic rings. The van der Waals surface area contributed by atoms with Crippen molar-refractivity contribution in [2.24, 2.45) is 0 Å². The third kappa shape index (κ3) is 3.63. The third-order valence-corrected chi connectivity index (χ3v) is 3.15. The second kappa shape index (κ2) is 6.04. The fourth-order valence-corrected chi connectivity index (χ4v) is 1.90. The topological polar surface area (TPSA) is 38.0 Å². The zero-order valence-corrected chi connectivity index (χ0v) is 10.7. The molecule has 1 heterocycles. The van der Waals surface area contributed by atoms with E-state index in [4.69, 9.17) is 5.11 Å². The molecule has 1 N–H and O–H groups in total. The smallest absolute Gasteiger partial charge is 0.0640 e. The highest BCUT2D eigenvalue weighted by Crippen LogP contribution is 2.28. The van der Waals surface area contributed by atoms with Gasteiger partial charge in [0.25, 0.3) is 0 Å². The Morgan fingerprint density at radius 3 is 2.75 bits per heavy atom. The van der Waals surface area contributed by atoms with E-state index in [1.165, 1.54) is 31.2 Å². The van der Waals surface area contributed by atoms with Gasteiger partial charge in [-0.15, -0.1) is 0 Å². The van der Waals surface area contributed by atoms with Crippen molar-refractivity contribution in [1.29, 1.82) is 0 Å². The summed E-state index contributed by atoms with van der Waals surface area (Å²) in [5.74, 6) is 0. The van der Waals surface area contributed by atoms with E-state index in [9.17, 15) is 0 Å². The lowest BCUT2D eigenvalue weighted by atomic mass is 9.82. The Morgan fingerprint density at radius 2 is 2.12 bits per heavy atom. The number of rotatable bonds is 7. The fraction of sp³-hybridized carbons (Fsp3) is 0.769. The minimum absolute atomic E-state index is 0.150. The van der Waals surface area contributed by atoms with Crippen LogP contribution in [0.25, 0.3) is 0 Å². The lowest BCUT2D eigenvalue weighted by Crippen LogP contribution is -2.16. The molecule has 0 aliphatic carbocycles.